The summed E-state index contributed by atoms with van der Waals surface area (Å²) in [7, 11) is -0.372. The molecule has 0 saturated carbocycles. The molecule has 2 heterocycles. The SMILES string of the molecule is CC1(C)OB(c2ccc3c(c2)CCC(=O)O3)OC1(C)C. The second-order valence-electron chi connectivity index (χ2n) is 6.43. The highest BCUT2D eigenvalue weighted by atomic mass is 16.7. The van der Waals surface area contributed by atoms with E-state index in [0.717, 1.165) is 11.0 Å². The van der Waals surface area contributed by atoms with Crippen molar-refractivity contribution < 1.29 is 18.8 Å². The van der Waals surface area contributed by atoms with Crippen molar-refractivity contribution in [1.29, 1.82) is 0 Å². The number of esters is 1. The fourth-order valence-corrected chi connectivity index (χ4v) is 2.43. The number of carbonyl (C=O) groups is 1. The summed E-state index contributed by atoms with van der Waals surface area (Å²) in [4.78, 5) is 11.3. The summed E-state index contributed by atoms with van der Waals surface area (Å²) in [6, 6.07) is 5.75. The van der Waals surface area contributed by atoms with Gasteiger partial charge in [0.05, 0.1) is 17.6 Å². The Bertz CT molecular complexity index is 549. The molecule has 1 saturated heterocycles. The smallest absolute Gasteiger partial charge is 0.426 e. The highest BCUT2D eigenvalue weighted by molar-refractivity contribution is 6.62. The van der Waals surface area contributed by atoms with Crippen LogP contribution in [0.25, 0.3) is 0 Å². The van der Waals surface area contributed by atoms with Crippen LogP contribution in [0.15, 0.2) is 18.2 Å². The van der Waals surface area contributed by atoms with E-state index in [1.807, 2.05) is 45.9 Å². The molecule has 0 N–H and O–H groups in total. The number of ether oxygens (including phenoxy) is 1. The Morgan fingerprint density at radius 3 is 2.35 bits per heavy atom. The highest BCUT2D eigenvalue weighted by Crippen LogP contribution is 2.36. The van der Waals surface area contributed by atoms with E-state index in [9.17, 15) is 4.79 Å². The molecule has 0 atom stereocenters. The van der Waals surface area contributed by atoms with E-state index < -0.39 is 0 Å². The molecule has 4 nitrogen and oxygen atoms in total. The zero-order valence-electron chi connectivity index (χ0n) is 12.4. The Hall–Kier alpha value is -1.33. The molecule has 0 aliphatic carbocycles. The van der Waals surface area contributed by atoms with Crippen LogP contribution >= 0.6 is 0 Å². The Morgan fingerprint density at radius 1 is 1.05 bits per heavy atom. The monoisotopic (exact) mass is 274 g/mol. The van der Waals surface area contributed by atoms with Crippen LogP contribution in [0.4, 0.5) is 0 Å². The summed E-state index contributed by atoms with van der Waals surface area (Å²) in [5.74, 6) is 0.488. The van der Waals surface area contributed by atoms with Gasteiger partial charge in [-0.05, 0) is 51.2 Å². The number of carbonyl (C=O) groups excluding carboxylic acids is 1. The van der Waals surface area contributed by atoms with Crippen molar-refractivity contribution in [2.24, 2.45) is 0 Å². The zero-order valence-corrected chi connectivity index (χ0v) is 12.4. The summed E-state index contributed by atoms with van der Waals surface area (Å²) in [6.45, 7) is 8.14. The maximum Gasteiger partial charge on any atom is 0.494 e. The third kappa shape index (κ3) is 2.15. The van der Waals surface area contributed by atoms with Crippen LogP contribution in [-0.4, -0.2) is 24.3 Å². The summed E-state index contributed by atoms with van der Waals surface area (Å²) in [5.41, 5.74) is 1.32. The minimum atomic E-state index is -0.372. The molecule has 20 heavy (non-hydrogen) atoms. The molecule has 5 heteroatoms. The van der Waals surface area contributed by atoms with Crippen molar-refractivity contribution in [2.75, 3.05) is 0 Å². The Labute approximate surface area is 119 Å². The molecule has 2 aliphatic rings. The first kappa shape index (κ1) is 13.6. The first-order valence-corrected chi connectivity index (χ1v) is 6.98. The summed E-state index contributed by atoms with van der Waals surface area (Å²) in [6.07, 6.45) is 1.14. The number of rotatable bonds is 1. The van der Waals surface area contributed by atoms with Crippen molar-refractivity contribution in [3.63, 3.8) is 0 Å². The third-order valence-corrected chi connectivity index (χ3v) is 4.43. The molecule has 1 aromatic rings. The van der Waals surface area contributed by atoms with Gasteiger partial charge in [-0.15, -0.1) is 0 Å². The standard InChI is InChI=1S/C15H19BO4/c1-14(2)15(3,4)20-16(19-14)11-6-7-12-10(9-11)5-8-13(17)18-12/h6-7,9H,5,8H2,1-4H3. The minimum Gasteiger partial charge on any atom is -0.426 e. The van der Waals surface area contributed by atoms with Gasteiger partial charge >= 0.3 is 13.1 Å². The van der Waals surface area contributed by atoms with Gasteiger partial charge in [-0.1, -0.05) is 12.1 Å². The van der Waals surface area contributed by atoms with E-state index in [2.05, 4.69) is 0 Å². The Morgan fingerprint density at radius 2 is 1.70 bits per heavy atom. The van der Waals surface area contributed by atoms with E-state index >= 15 is 0 Å². The predicted octanol–water partition coefficient (Wildman–Crippen LogP) is 1.84. The molecular formula is C15H19BO4. The van der Waals surface area contributed by atoms with E-state index in [0.29, 0.717) is 18.6 Å². The summed E-state index contributed by atoms with van der Waals surface area (Å²) < 4.78 is 17.3. The molecule has 0 aromatic heterocycles. The van der Waals surface area contributed by atoms with Crippen molar-refractivity contribution in [2.45, 2.75) is 51.7 Å². The van der Waals surface area contributed by atoms with Crippen LogP contribution in [0.1, 0.15) is 39.7 Å². The van der Waals surface area contributed by atoms with Crippen molar-refractivity contribution in [1.82, 2.24) is 0 Å². The van der Waals surface area contributed by atoms with Gasteiger partial charge in [0.15, 0.2) is 0 Å². The number of fused-ring (bicyclic) bond motifs is 1. The Balaban J connectivity index is 1.88. The van der Waals surface area contributed by atoms with Crippen LogP contribution in [-0.2, 0) is 20.5 Å². The lowest BCUT2D eigenvalue weighted by Crippen LogP contribution is -2.41. The maximum absolute atomic E-state index is 11.3. The van der Waals surface area contributed by atoms with Gasteiger partial charge in [-0.3, -0.25) is 4.79 Å². The normalized spacial score (nSPS) is 23.4. The molecule has 1 aromatic carbocycles. The highest BCUT2D eigenvalue weighted by Gasteiger charge is 2.51. The van der Waals surface area contributed by atoms with E-state index in [-0.39, 0.29) is 24.3 Å². The van der Waals surface area contributed by atoms with Gasteiger partial charge in [-0.2, -0.15) is 0 Å². The summed E-state index contributed by atoms with van der Waals surface area (Å²) >= 11 is 0. The molecule has 1 fully saturated rings. The van der Waals surface area contributed by atoms with Gasteiger partial charge < -0.3 is 14.0 Å². The van der Waals surface area contributed by atoms with E-state index in [4.69, 9.17) is 14.0 Å². The van der Waals surface area contributed by atoms with Crippen LogP contribution in [0.3, 0.4) is 0 Å². The first-order valence-electron chi connectivity index (χ1n) is 6.98. The lowest BCUT2D eigenvalue weighted by Gasteiger charge is -2.32. The maximum atomic E-state index is 11.3. The van der Waals surface area contributed by atoms with Gasteiger partial charge in [0, 0.05) is 0 Å². The van der Waals surface area contributed by atoms with Crippen LogP contribution in [0.2, 0.25) is 0 Å². The van der Waals surface area contributed by atoms with Gasteiger partial charge in [0.2, 0.25) is 0 Å². The van der Waals surface area contributed by atoms with Crippen molar-refractivity contribution >= 4 is 18.6 Å². The summed E-state index contributed by atoms with van der Waals surface area (Å²) in [5, 5.41) is 0. The second kappa shape index (κ2) is 4.33. The molecule has 2 aliphatic heterocycles. The zero-order chi connectivity index (χ0) is 14.5. The van der Waals surface area contributed by atoms with Gasteiger partial charge in [0.25, 0.3) is 0 Å². The lowest BCUT2D eigenvalue weighted by molar-refractivity contribution is -0.135. The third-order valence-electron chi connectivity index (χ3n) is 4.43. The molecule has 0 bridgehead atoms. The van der Waals surface area contributed by atoms with Gasteiger partial charge in [-0.25, -0.2) is 0 Å². The predicted molar refractivity (Wildman–Crippen MR) is 76.1 cm³/mol. The average molecular weight is 274 g/mol. The van der Waals surface area contributed by atoms with Gasteiger partial charge in [0.1, 0.15) is 5.75 Å². The molecule has 3 rings (SSSR count). The fourth-order valence-electron chi connectivity index (χ4n) is 2.43. The van der Waals surface area contributed by atoms with Crippen LogP contribution in [0.5, 0.6) is 5.75 Å². The molecule has 106 valence electrons. The molecule has 0 amide bonds. The van der Waals surface area contributed by atoms with E-state index in [1.54, 1.807) is 0 Å². The second-order valence-corrected chi connectivity index (χ2v) is 6.43. The Kier molecular flexibility index (Phi) is 2.96. The topological polar surface area (TPSA) is 44.8 Å². The van der Waals surface area contributed by atoms with Crippen LogP contribution in [0, 0.1) is 0 Å². The quantitative estimate of drug-likeness (QED) is 0.445. The molecule has 0 unspecified atom stereocenters. The van der Waals surface area contributed by atoms with Crippen LogP contribution < -0.4 is 10.2 Å². The molecule has 0 radical (unpaired) electrons. The molecule has 0 spiro atoms. The largest absolute Gasteiger partial charge is 0.494 e. The molecular weight excluding hydrogens is 255 g/mol. The average Bonchev–Trinajstić information content (AvgIpc) is 2.58. The van der Waals surface area contributed by atoms with E-state index in [1.165, 1.54) is 0 Å². The number of aryl methyl sites for hydroxylation is 1. The van der Waals surface area contributed by atoms with Crippen molar-refractivity contribution in [3.8, 4) is 5.75 Å². The lowest BCUT2D eigenvalue weighted by atomic mass is 9.78. The fraction of sp³-hybridized carbons (Fsp3) is 0.533. The van der Waals surface area contributed by atoms with Crippen molar-refractivity contribution in [3.05, 3.63) is 23.8 Å². The number of benzene rings is 1. The first-order chi connectivity index (χ1) is 9.28. The minimum absolute atomic E-state index is 0.166. The number of hydrogen-bond donors (Lipinski definition) is 0. The number of hydrogen-bond acceptors (Lipinski definition) is 4.